The molecule has 0 aliphatic heterocycles. The Bertz CT molecular complexity index is 646. The van der Waals surface area contributed by atoms with Crippen LogP contribution in [0.15, 0.2) is 36.5 Å². The highest BCUT2D eigenvalue weighted by molar-refractivity contribution is 5.99. The highest BCUT2D eigenvalue weighted by Gasteiger charge is 2.16. The molecule has 2 rings (SSSR count). The Morgan fingerprint density at radius 2 is 2.14 bits per heavy atom. The molecule has 6 heteroatoms. The van der Waals surface area contributed by atoms with E-state index in [1.54, 1.807) is 11.1 Å². The molecule has 0 saturated heterocycles. The first-order valence-electron chi connectivity index (χ1n) is 6.56. The lowest BCUT2D eigenvalue weighted by atomic mass is 10.1. The number of hydrogen-bond acceptors (Lipinski definition) is 4. The number of nitrogens with two attached hydrogens (primary N) is 2. The van der Waals surface area contributed by atoms with Crippen molar-refractivity contribution in [1.29, 1.82) is 0 Å². The summed E-state index contributed by atoms with van der Waals surface area (Å²) in [5, 5.41) is 0. The number of pyridine rings is 1. The number of benzene rings is 1. The molecule has 1 heterocycles. The van der Waals surface area contributed by atoms with Gasteiger partial charge in [0.2, 0.25) is 0 Å². The van der Waals surface area contributed by atoms with Crippen LogP contribution in [0.1, 0.15) is 23.0 Å². The van der Waals surface area contributed by atoms with E-state index in [0.29, 0.717) is 13.1 Å². The van der Waals surface area contributed by atoms with E-state index < -0.39 is 11.7 Å². The zero-order valence-electron chi connectivity index (χ0n) is 11.7. The van der Waals surface area contributed by atoms with Gasteiger partial charge in [0.25, 0.3) is 5.91 Å². The minimum Gasteiger partial charge on any atom is -0.398 e. The van der Waals surface area contributed by atoms with Gasteiger partial charge < -0.3 is 16.4 Å². The van der Waals surface area contributed by atoms with Crippen LogP contribution in [0.4, 0.5) is 15.8 Å². The third-order valence-corrected chi connectivity index (χ3v) is 3.19. The van der Waals surface area contributed by atoms with Crippen LogP contribution in [0.2, 0.25) is 0 Å². The number of primary amides is 1. The molecule has 0 bridgehead atoms. The lowest BCUT2D eigenvalue weighted by Gasteiger charge is -2.24. The standard InChI is InChI=1S/C15H17FN4O/c1-2-20(9-10-5-3-4-6-19-10)14-7-11(15(18)21)13(17)8-12(14)16/h3-8H,2,9,17H2,1H3,(H2,18,21). The molecule has 0 spiro atoms. The number of halogens is 1. The van der Waals surface area contributed by atoms with Gasteiger partial charge in [-0.1, -0.05) is 6.07 Å². The normalized spacial score (nSPS) is 10.4. The van der Waals surface area contributed by atoms with Gasteiger partial charge in [-0.2, -0.15) is 0 Å². The third-order valence-electron chi connectivity index (χ3n) is 3.19. The monoisotopic (exact) mass is 288 g/mol. The molecule has 1 aromatic carbocycles. The van der Waals surface area contributed by atoms with Crippen molar-refractivity contribution in [2.45, 2.75) is 13.5 Å². The Morgan fingerprint density at radius 3 is 2.71 bits per heavy atom. The van der Waals surface area contributed by atoms with Crippen molar-refractivity contribution in [3.63, 3.8) is 0 Å². The van der Waals surface area contributed by atoms with Crippen molar-refractivity contribution in [2.75, 3.05) is 17.2 Å². The average molecular weight is 288 g/mol. The van der Waals surface area contributed by atoms with Crippen LogP contribution in [-0.4, -0.2) is 17.4 Å². The van der Waals surface area contributed by atoms with Crippen molar-refractivity contribution in [3.05, 3.63) is 53.6 Å². The topological polar surface area (TPSA) is 85.2 Å². The number of hydrogen-bond donors (Lipinski definition) is 2. The molecule has 5 nitrogen and oxygen atoms in total. The Kier molecular flexibility index (Phi) is 4.37. The van der Waals surface area contributed by atoms with Crippen LogP contribution < -0.4 is 16.4 Å². The second-order valence-corrected chi connectivity index (χ2v) is 4.59. The number of nitrogens with zero attached hydrogens (tertiary/aromatic N) is 2. The summed E-state index contributed by atoms with van der Waals surface area (Å²) in [7, 11) is 0. The molecule has 4 N–H and O–H groups in total. The van der Waals surface area contributed by atoms with Crippen LogP contribution in [0.25, 0.3) is 0 Å². The zero-order valence-corrected chi connectivity index (χ0v) is 11.7. The molecule has 0 aliphatic carbocycles. The van der Waals surface area contributed by atoms with Crippen molar-refractivity contribution in [3.8, 4) is 0 Å². The molecule has 1 aromatic heterocycles. The number of carbonyl (C=O) groups excluding carboxylic acids is 1. The van der Waals surface area contributed by atoms with Gasteiger partial charge in [0.15, 0.2) is 0 Å². The second-order valence-electron chi connectivity index (χ2n) is 4.59. The first-order valence-corrected chi connectivity index (χ1v) is 6.56. The van der Waals surface area contributed by atoms with E-state index in [4.69, 9.17) is 11.5 Å². The average Bonchev–Trinajstić information content (AvgIpc) is 2.46. The lowest BCUT2D eigenvalue weighted by Crippen LogP contribution is -2.25. The fourth-order valence-electron chi connectivity index (χ4n) is 2.09. The molecule has 0 fully saturated rings. The smallest absolute Gasteiger partial charge is 0.250 e. The molecule has 110 valence electrons. The number of amides is 1. The highest BCUT2D eigenvalue weighted by atomic mass is 19.1. The maximum Gasteiger partial charge on any atom is 0.250 e. The molecule has 2 aromatic rings. The van der Waals surface area contributed by atoms with E-state index in [-0.39, 0.29) is 16.9 Å². The zero-order chi connectivity index (χ0) is 15.4. The summed E-state index contributed by atoms with van der Waals surface area (Å²) in [6.07, 6.45) is 1.68. The molecular weight excluding hydrogens is 271 g/mol. The van der Waals surface area contributed by atoms with E-state index in [0.717, 1.165) is 11.8 Å². The van der Waals surface area contributed by atoms with E-state index in [9.17, 15) is 9.18 Å². The van der Waals surface area contributed by atoms with E-state index in [2.05, 4.69) is 4.98 Å². The summed E-state index contributed by atoms with van der Waals surface area (Å²) in [5.74, 6) is -1.17. The van der Waals surface area contributed by atoms with Crippen LogP contribution in [0.3, 0.4) is 0 Å². The maximum absolute atomic E-state index is 14.1. The molecule has 21 heavy (non-hydrogen) atoms. The van der Waals surface area contributed by atoms with Crippen LogP contribution >= 0.6 is 0 Å². The molecule has 1 amide bonds. The number of aromatic nitrogens is 1. The minimum absolute atomic E-state index is 0.0395. The maximum atomic E-state index is 14.1. The number of nitrogen functional groups attached to an aromatic ring is 1. The SMILES string of the molecule is CCN(Cc1ccccn1)c1cc(C(N)=O)c(N)cc1F. The Balaban J connectivity index is 2.38. The van der Waals surface area contributed by atoms with Gasteiger partial charge in [-0.3, -0.25) is 9.78 Å². The number of anilines is 2. The summed E-state index contributed by atoms with van der Waals surface area (Å²) in [6, 6.07) is 8.04. The third kappa shape index (κ3) is 3.28. The molecule has 0 atom stereocenters. The summed E-state index contributed by atoms with van der Waals surface area (Å²) >= 11 is 0. The molecule has 0 saturated carbocycles. The van der Waals surface area contributed by atoms with Gasteiger partial charge in [-0.05, 0) is 31.2 Å². The fourth-order valence-corrected chi connectivity index (χ4v) is 2.09. The second kappa shape index (κ2) is 6.21. The van der Waals surface area contributed by atoms with Gasteiger partial charge in [-0.15, -0.1) is 0 Å². The molecule has 0 unspecified atom stereocenters. The van der Waals surface area contributed by atoms with Gasteiger partial charge in [0, 0.05) is 18.4 Å². The summed E-state index contributed by atoms with van der Waals surface area (Å²) < 4.78 is 14.1. The molecule has 0 aliphatic rings. The van der Waals surface area contributed by atoms with Gasteiger partial charge in [-0.25, -0.2) is 4.39 Å². The predicted molar refractivity (Wildman–Crippen MR) is 80.3 cm³/mol. The number of rotatable bonds is 5. The van der Waals surface area contributed by atoms with Gasteiger partial charge in [0.05, 0.1) is 23.5 Å². The van der Waals surface area contributed by atoms with E-state index in [1.807, 2.05) is 25.1 Å². The fraction of sp³-hybridized carbons (Fsp3) is 0.200. The summed E-state index contributed by atoms with van der Waals surface area (Å²) in [6.45, 7) is 2.87. The van der Waals surface area contributed by atoms with Crippen LogP contribution in [-0.2, 0) is 6.54 Å². The Morgan fingerprint density at radius 1 is 1.38 bits per heavy atom. The Hall–Kier alpha value is -2.63. The predicted octanol–water partition coefficient (Wildman–Crippen LogP) is 1.93. The summed E-state index contributed by atoms with van der Waals surface area (Å²) in [4.78, 5) is 17.3. The van der Waals surface area contributed by atoms with Crippen molar-refractivity contribution >= 4 is 17.3 Å². The molecule has 0 radical (unpaired) electrons. The quantitative estimate of drug-likeness (QED) is 0.823. The van der Waals surface area contributed by atoms with Gasteiger partial charge >= 0.3 is 0 Å². The van der Waals surface area contributed by atoms with E-state index in [1.165, 1.54) is 6.07 Å². The first-order chi connectivity index (χ1) is 10.0. The highest BCUT2D eigenvalue weighted by Crippen LogP contribution is 2.26. The number of carbonyl (C=O) groups is 1. The molecular formula is C15H17FN4O. The van der Waals surface area contributed by atoms with Gasteiger partial charge in [0.1, 0.15) is 5.82 Å². The summed E-state index contributed by atoms with van der Waals surface area (Å²) in [5.41, 5.74) is 12.1. The van der Waals surface area contributed by atoms with Crippen molar-refractivity contribution < 1.29 is 9.18 Å². The van der Waals surface area contributed by atoms with Crippen LogP contribution in [0.5, 0.6) is 0 Å². The van der Waals surface area contributed by atoms with Crippen molar-refractivity contribution in [2.24, 2.45) is 5.73 Å². The van der Waals surface area contributed by atoms with E-state index >= 15 is 0 Å². The van der Waals surface area contributed by atoms with Crippen molar-refractivity contribution in [1.82, 2.24) is 4.98 Å². The minimum atomic E-state index is -0.678. The Labute approximate surface area is 122 Å². The van der Waals surface area contributed by atoms with Crippen LogP contribution in [0, 0.1) is 5.82 Å². The first kappa shape index (κ1) is 14.8. The lowest BCUT2D eigenvalue weighted by molar-refractivity contribution is 0.100. The largest absolute Gasteiger partial charge is 0.398 e.